The first-order valence-corrected chi connectivity index (χ1v) is 5.64. The number of nitrogens with zero attached hydrogens (tertiary/aromatic N) is 1. The monoisotopic (exact) mass is 184 g/mol. The number of hydrogen-bond donors (Lipinski definition) is 1. The molecule has 13 heavy (non-hydrogen) atoms. The topological polar surface area (TPSA) is 29.3 Å². The second-order valence-corrected chi connectivity index (χ2v) is 4.59. The van der Waals surface area contributed by atoms with E-state index in [-0.39, 0.29) is 0 Å². The molecule has 78 valence electrons. The maximum absolute atomic E-state index is 5.89. The minimum absolute atomic E-state index is 0.459. The molecule has 1 heterocycles. The van der Waals surface area contributed by atoms with Crippen molar-refractivity contribution in [2.45, 2.75) is 52.1 Å². The molecule has 0 aromatic heterocycles. The second-order valence-electron chi connectivity index (χ2n) is 4.59. The minimum Gasteiger partial charge on any atom is -0.328 e. The summed E-state index contributed by atoms with van der Waals surface area (Å²) >= 11 is 0. The lowest BCUT2D eigenvalue weighted by Crippen LogP contribution is -2.46. The first-order chi connectivity index (χ1) is 6.15. The summed E-state index contributed by atoms with van der Waals surface area (Å²) in [5.41, 5.74) is 5.89. The van der Waals surface area contributed by atoms with Gasteiger partial charge in [-0.3, -0.25) is 0 Å². The molecule has 2 heteroatoms. The van der Waals surface area contributed by atoms with Gasteiger partial charge in [-0.2, -0.15) is 0 Å². The Bertz CT molecular complexity index is 137. The Morgan fingerprint density at radius 1 is 1.31 bits per heavy atom. The van der Waals surface area contributed by atoms with Crippen LogP contribution in [0.4, 0.5) is 0 Å². The molecule has 1 atom stereocenters. The molecule has 0 aromatic carbocycles. The van der Waals surface area contributed by atoms with Crippen LogP contribution < -0.4 is 5.73 Å². The van der Waals surface area contributed by atoms with Crippen LogP contribution in [0, 0.1) is 5.92 Å². The van der Waals surface area contributed by atoms with Crippen molar-refractivity contribution in [2.24, 2.45) is 11.7 Å². The van der Waals surface area contributed by atoms with Crippen molar-refractivity contribution in [1.82, 2.24) is 4.90 Å². The van der Waals surface area contributed by atoms with Gasteiger partial charge in [0.05, 0.1) is 0 Å². The average molecular weight is 184 g/mol. The van der Waals surface area contributed by atoms with E-state index in [1.54, 1.807) is 0 Å². The SMILES string of the molecule is CCC(C(C)C)N1CCC(N)CC1. The summed E-state index contributed by atoms with van der Waals surface area (Å²) in [4.78, 5) is 2.62. The molecule has 0 spiro atoms. The highest BCUT2D eigenvalue weighted by atomic mass is 15.2. The van der Waals surface area contributed by atoms with E-state index < -0.39 is 0 Å². The molecule has 0 saturated carbocycles. The smallest absolute Gasteiger partial charge is 0.0116 e. The molecule has 0 amide bonds. The van der Waals surface area contributed by atoms with Gasteiger partial charge in [-0.1, -0.05) is 20.8 Å². The zero-order valence-corrected chi connectivity index (χ0v) is 9.29. The Morgan fingerprint density at radius 3 is 2.23 bits per heavy atom. The van der Waals surface area contributed by atoms with E-state index in [0.29, 0.717) is 6.04 Å². The van der Waals surface area contributed by atoms with Crippen LogP contribution >= 0.6 is 0 Å². The zero-order valence-electron chi connectivity index (χ0n) is 9.29. The fourth-order valence-corrected chi connectivity index (χ4v) is 2.40. The molecule has 0 aliphatic carbocycles. The van der Waals surface area contributed by atoms with Crippen LogP contribution in [-0.2, 0) is 0 Å². The summed E-state index contributed by atoms with van der Waals surface area (Å²) in [7, 11) is 0. The third-order valence-corrected chi connectivity index (χ3v) is 3.23. The Morgan fingerprint density at radius 2 is 1.85 bits per heavy atom. The lowest BCUT2D eigenvalue weighted by molar-refractivity contribution is 0.117. The van der Waals surface area contributed by atoms with Gasteiger partial charge in [0.2, 0.25) is 0 Å². The highest BCUT2D eigenvalue weighted by Gasteiger charge is 2.23. The van der Waals surface area contributed by atoms with Gasteiger partial charge in [-0.15, -0.1) is 0 Å². The fraction of sp³-hybridized carbons (Fsp3) is 1.00. The van der Waals surface area contributed by atoms with Crippen LogP contribution in [0.3, 0.4) is 0 Å². The molecule has 1 rings (SSSR count). The summed E-state index contributed by atoms with van der Waals surface area (Å²) in [5, 5.41) is 0. The highest BCUT2D eigenvalue weighted by molar-refractivity contribution is 4.80. The van der Waals surface area contributed by atoms with Crippen LogP contribution in [0.5, 0.6) is 0 Å². The van der Waals surface area contributed by atoms with Gasteiger partial charge in [0.15, 0.2) is 0 Å². The van der Waals surface area contributed by atoms with Crippen molar-refractivity contribution in [3.05, 3.63) is 0 Å². The van der Waals surface area contributed by atoms with E-state index in [4.69, 9.17) is 5.73 Å². The predicted molar refractivity (Wildman–Crippen MR) is 57.7 cm³/mol. The van der Waals surface area contributed by atoms with E-state index in [2.05, 4.69) is 25.7 Å². The molecule has 0 bridgehead atoms. The predicted octanol–water partition coefficient (Wildman–Crippen LogP) is 1.84. The Kier molecular flexibility index (Phi) is 4.20. The average Bonchev–Trinajstić information content (AvgIpc) is 2.09. The van der Waals surface area contributed by atoms with Crippen LogP contribution in [0.15, 0.2) is 0 Å². The first kappa shape index (κ1) is 11.0. The van der Waals surface area contributed by atoms with Gasteiger partial charge in [-0.25, -0.2) is 0 Å². The van der Waals surface area contributed by atoms with Gasteiger partial charge in [0, 0.05) is 12.1 Å². The molecule has 1 saturated heterocycles. The van der Waals surface area contributed by atoms with Crippen LogP contribution in [-0.4, -0.2) is 30.1 Å². The van der Waals surface area contributed by atoms with Gasteiger partial charge in [-0.05, 0) is 38.3 Å². The Hall–Kier alpha value is -0.0800. The van der Waals surface area contributed by atoms with Crippen molar-refractivity contribution in [1.29, 1.82) is 0 Å². The molecule has 1 aliphatic rings. The van der Waals surface area contributed by atoms with Crippen LogP contribution in [0.2, 0.25) is 0 Å². The summed E-state index contributed by atoms with van der Waals surface area (Å²) in [5.74, 6) is 0.777. The third kappa shape index (κ3) is 2.96. The highest BCUT2D eigenvalue weighted by Crippen LogP contribution is 2.19. The van der Waals surface area contributed by atoms with Gasteiger partial charge in [0.1, 0.15) is 0 Å². The fourth-order valence-electron chi connectivity index (χ4n) is 2.40. The van der Waals surface area contributed by atoms with Gasteiger partial charge < -0.3 is 10.6 Å². The quantitative estimate of drug-likeness (QED) is 0.725. The van der Waals surface area contributed by atoms with Crippen molar-refractivity contribution in [3.63, 3.8) is 0 Å². The summed E-state index contributed by atoms with van der Waals surface area (Å²) in [6.45, 7) is 9.35. The van der Waals surface area contributed by atoms with E-state index in [9.17, 15) is 0 Å². The summed E-state index contributed by atoms with van der Waals surface area (Å²) in [6, 6.07) is 1.23. The largest absolute Gasteiger partial charge is 0.328 e. The molecule has 1 fully saturated rings. The number of likely N-dealkylation sites (tertiary alicyclic amines) is 1. The van der Waals surface area contributed by atoms with Crippen molar-refractivity contribution >= 4 is 0 Å². The molecule has 2 nitrogen and oxygen atoms in total. The number of hydrogen-bond acceptors (Lipinski definition) is 2. The standard InChI is InChI=1S/C11H24N2/c1-4-11(9(2)3)13-7-5-10(12)6-8-13/h9-11H,4-8,12H2,1-3H3. The molecule has 1 aliphatic heterocycles. The Labute approximate surface area is 82.5 Å². The van der Waals surface area contributed by atoms with Crippen molar-refractivity contribution < 1.29 is 0 Å². The molecule has 2 N–H and O–H groups in total. The van der Waals surface area contributed by atoms with Crippen molar-refractivity contribution in [2.75, 3.05) is 13.1 Å². The van der Waals surface area contributed by atoms with Crippen LogP contribution in [0.1, 0.15) is 40.0 Å². The number of rotatable bonds is 3. The zero-order chi connectivity index (χ0) is 9.84. The molecular formula is C11H24N2. The minimum atomic E-state index is 0.459. The molecular weight excluding hydrogens is 160 g/mol. The van der Waals surface area contributed by atoms with Gasteiger partial charge in [0.25, 0.3) is 0 Å². The normalized spacial score (nSPS) is 23.8. The first-order valence-electron chi connectivity index (χ1n) is 5.64. The molecule has 1 unspecified atom stereocenters. The lowest BCUT2D eigenvalue weighted by Gasteiger charge is -2.38. The second kappa shape index (κ2) is 4.97. The maximum Gasteiger partial charge on any atom is 0.0116 e. The van der Waals surface area contributed by atoms with E-state index in [1.807, 2.05) is 0 Å². The number of nitrogens with two attached hydrogens (primary N) is 1. The van der Waals surface area contributed by atoms with E-state index in [0.717, 1.165) is 12.0 Å². The van der Waals surface area contributed by atoms with Crippen LogP contribution in [0.25, 0.3) is 0 Å². The molecule has 0 radical (unpaired) electrons. The Balaban J connectivity index is 2.41. The van der Waals surface area contributed by atoms with Gasteiger partial charge >= 0.3 is 0 Å². The number of piperidine rings is 1. The summed E-state index contributed by atoms with van der Waals surface area (Å²) in [6.07, 6.45) is 3.64. The third-order valence-electron chi connectivity index (χ3n) is 3.23. The van der Waals surface area contributed by atoms with E-state index in [1.165, 1.54) is 32.4 Å². The molecule has 0 aromatic rings. The maximum atomic E-state index is 5.89. The lowest BCUT2D eigenvalue weighted by atomic mass is 9.96. The summed E-state index contributed by atoms with van der Waals surface area (Å²) < 4.78 is 0. The van der Waals surface area contributed by atoms with Crippen molar-refractivity contribution in [3.8, 4) is 0 Å². The van der Waals surface area contributed by atoms with E-state index >= 15 is 0 Å².